The topological polar surface area (TPSA) is 81.7 Å². The van der Waals surface area contributed by atoms with Crippen molar-refractivity contribution >= 4 is 34.7 Å². The number of para-hydroxylation sites is 1. The van der Waals surface area contributed by atoms with Gasteiger partial charge in [0.25, 0.3) is 5.91 Å². The number of aryl methyl sites for hydroxylation is 2. The predicted octanol–water partition coefficient (Wildman–Crippen LogP) is 5.30. The van der Waals surface area contributed by atoms with E-state index in [2.05, 4.69) is 5.32 Å². The Morgan fingerprint density at radius 2 is 1.58 bits per heavy atom. The fourth-order valence-corrected chi connectivity index (χ4v) is 3.85. The monoisotopic (exact) mass is 437 g/mol. The number of rotatable bonds is 9. The molecule has 0 aliphatic rings. The molecule has 3 rings (SSSR count). The van der Waals surface area contributed by atoms with Crippen LogP contribution in [0.2, 0.25) is 0 Å². The summed E-state index contributed by atoms with van der Waals surface area (Å²) in [5, 5.41) is 2.65. The third-order valence-corrected chi connectivity index (χ3v) is 5.34. The molecule has 1 N–H and O–H groups in total. The van der Waals surface area contributed by atoms with Crippen molar-refractivity contribution in [2.75, 3.05) is 11.9 Å². The molecule has 0 spiro atoms. The van der Waals surface area contributed by atoms with Crippen LogP contribution in [-0.4, -0.2) is 24.3 Å². The molecular weight excluding hydrogens is 414 g/mol. The highest BCUT2D eigenvalue weighted by Gasteiger charge is 2.15. The van der Waals surface area contributed by atoms with Crippen LogP contribution in [-0.2, 0) is 14.3 Å². The smallest absolute Gasteiger partial charge is 0.306 e. The first kappa shape index (κ1) is 22.2. The summed E-state index contributed by atoms with van der Waals surface area (Å²) < 4.78 is 10.7. The molecule has 0 radical (unpaired) electrons. The Kier molecular flexibility index (Phi) is 7.56. The van der Waals surface area contributed by atoms with Crippen molar-refractivity contribution in [1.82, 2.24) is 0 Å². The number of ketones is 1. The van der Waals surface area contributed by atoms with E-state index in [1.54, 1.807) is 35.6 Å². The Morgan fingerprint density at radius 3 is 2.23 bits per heavy atom. The normalized spacial score (nSPS) is 10.4. The van der Waals surface area contributed by atoms with Crippen LogP contribution in [0.25, 0.3) is 0 Å². The molecule has 0 aliphatic heterocycles. The van der Waals surface area contributed by atoms with Crippen molar-refractivity contribution in [3.05, 3.63) is 76.0 Å². The first-order valence-corrected chi connectivity index (χ1v) is 10.6. The highest BCUT2D eigenvalue weighted by atomic mass is 32.1. The Balaban J connectivity index is 1.39. The van der Waals surface area contributed by atoms with E-state index in [9.17, 15) is 14.4 Å². The van der Waals surface area contributed by atoms with E-state index >= 15 is 0 Å². The van der Waals surface area contributed by atoms with Gasteiger partial charge in [-0.3, -0.25) is 14.4 Å². The Labute approximate surface area is 184 Å². The van der Waals surface area contributed by atoms with Gasteiger partial charge in [-0.2, -0.15) is 0 Å². The fraction of sp³-hybridized carbons (Fsp3) is 0.208. The van der Waals surface area contributed by atoms with Crippen LogP contribution in [0, 0.1) is 13.8 Å². The minimum atomic E-state index is -0.584. The highest BCUT2D eigenvalue weighted by Crippen LogP contribution is 2.23. The summed E-state index contributed by atoms with van der Waals surface area (Å²) in [7, 11) is 0. The van der Waals surface area contributed by atoms with Crippen LogP contribution in [0.15, 0.2) is 60.7 Å². The molecule has 0 unspecified atom stereocenters. The van der Waals surface area contributed by atoms with E-state index in [-0.39, 0.29) is 18.6 Å². The van der Waals surface area contributed by atoms with E-state index in [1.165, 1.54) is 0 Å². The zero-order chi connectivity index (χ0) is 22.2. The first-order valence-electron chi connectivity index (χ1n) is 9.79. The zero-order valence-corrected chi connectivity index (χ0v) is 18.2. The maximum absolute atomic E-state index is 12.2. The number of esters is 1. The molecule has 0 aliphatic carbocycles. The lowest BCUT2D eigenvalue weighted by molar-refractivity contribution is -0.147. The average Bonchev–Trinajstić information content (AvgIpc) is 3.10. The summed E-state index contributed by atoms with van der Waals surface area (Å²) in [4.78, 5) is 38.1. The Morgan fingerprint density at radius 1 is 0.903 bits per heavy atom. The van der Waals surface area contributed by atoms with Crippen LogP contribution in [0.5, 0.6) is 11.5 Å². The van der Waals surface area contributed by atoms with E-state index < -0.39 is 18.5 Å². The van der Waals surface area contributed by atoms with Gasteiger partial charge in [-0.05, 0) is 56.3 Å². The summed E-state index contributed by atoms with van der Waals surface area (Å²) in [6.45, 7) is 3.41. The molecule has 0 saturated heterocycles. The second-order valence-electron chi connectivity index (χ2n) is 6.90. The average molecular weight is 438 g/mol. The molecule has 1 amide bonds. The molecule has 2 aromatic carbocycles. The quantitative estimate of drug-likeness (QED) is 0.363. The number of Topliss-reactive ketones (excluding diaryl/α,β-unsaturated/α-hetero) is 1. The second kappa shape index (κ2) is 10.5. The lowest BCUT2D eigenvalue weighted by Gasteiger charge is -2.08. The van der Waals surface area contributed by atoms with Crippen molar-refractivity contribution in [1.29, 1.82) is 0 Å². The zero-order valence-electron chi connectivity index (χ0n) is 17.3. The van der Waals surface area contributed by atoms with E-state index in [4.69, 9.17) is 9.47 Å². The third-order valence-electron chi connectivity index (χ3n) is 4.38. The number of hydrogen-bond donors (Lipinski definition) is 1. The van der Waals surface area contributed by atoms with Crippen LogP contribution >= 0.6 is 11.3 Å². The van der Waals surface area contributed by atoms with Gasteiger partial charge < -0.3 is 14.8 Å². The lowest BCUT2D eigenvalue weighted by atomic mass is 10.1. The van der Waals surface area contributed by atoms with Crippen molar-refractivity contribution in [2.45, 2.75) is 26.7 Å². The van der Waals surface area contributed by atoms with Crippen LogP contribution < -0.4 is 10.1 Å². The van der Waals surface area contributed by atoms with Gasteiger partial charge in [0.05, 0.1) is 6.42 Å². The van der Waals surface area contributed by atoms with Gasteiger partial charge in [0.2, 0.25) is 0 Å². The number of ether oxygens (including phenoxy) is 2. The van der Waals surface area contributed by atoms with Gasteiger partial charge in [-0.25, -0.2) is 0 Å². The van der Waals surface area contributed by atoms with Gasteiger partial charge in [0.1, 0.15) is 11.5 Å². The van der Waals surface area contributed by atoms with Crippen molar-refractivity contribution in [2.24, 2.45) is 0 Å². The second-order valence-corrected chi connectivity index (χ2v) is 8.36. The van der Waals surface area contributed by atoms with Crippen molar-refractivity contribution in [3.63, 3.8) is 0 Å². The van der Waals surface area contributed by atoms with E-state index in [0.717, 1.165) is 9.75 Å². The van der Waals surface area contributed by atoms with Crippen LogP contribution in [0.4, 0.5) is 5.69 Å². The number of hydrogen-bond acceptors (Lipinski definition) is 6. The molecular formula is C24H23NO5S. The Hall–Kier alpha value is -3.45. The SMILES string of the molecule is Cc1cc(C(=O)CCC(=O)OCC(=O)Nc2ccc(Oc3ccccc3)cc2)c(C)s1. The number of carbonyl (C=O) groups is 3. The van der Waals surface area contributed by atoms with Gasteiger partial charge in [0, 0.05) is 27.4 Å². The maximum atomic E-state index is 12.2. The van der Waals surface area contributed by atoms with E-state index in [1.807, 2.05) is 50.2 Å². The maximum Gasteiger partial charge on any atom is 0.306 e. The van der Waals surface area contributed by atoms with Gasteiger partial charge in [0.15, 0.2) is 12.4 Å². The summed E-state index contributed by atoms with van der Waals surface area (Å²) in [5.74, 6) is 0.215. The molecule has 0 saturated carbocycles. The molecule has 7 heteroatoms. The molecule has 1 heterocycles. The molecule has 0 fully saturated rings. The number of thiophene rings is 1. The molecule has 0 bridgehead atoms. The van der Waals surface area contributed by atoms with Crippen LogP contribution in [0.1, 0.15) is 33.0 Å². The van der Waals surface area contributed by atoms with E-state index in [0.29, 0.717) is 22.7 Å². The molecule has 0 atom stereocenters. The number of anilines is 1. The standard InChI is InChI=1S/C24H23NO5S/c1-16-14-21(17(2)31-16)22(26)12-13-24(28)29-15-23(27)25-18-8-10-20(11-9-18)30-19-6-4-3-5-7-19/h3-11,14H,12-13,15H2,1-2H3,(H,25,27). The summed E-state index contributed by atoms with van der Waals surface area (Å²) in [6.07, 6.45) is -0.00763. The minimum absolute atomic E-state index is 0.0559. The summed E-state index contributed by atoms with van der Waals surface area (Å²) >= 11 is 1.55. The molecule has 1 aromatic heterocycles. The van der Waals surface area contributed by atoms with Crippen LogP contribution in [0.3, 0.4) is 0 Å². The number of carbonyl (C=O) groups excluding carboxylic acids is 3. The first-order chi connectivity index (χ1) is 14.9. The minimum Gasteiger partial charge on any atom is -0.457 e. The molecule has 3 aromatic rings. The Bertz CT molecular complexity index is 1060. The van der Waals surface area contributed by atoms with Gasteiger partial charge >= 0.3 is 5.97 Å². The fourth-order valence-electron chi connectivity index (χ4n) is 2.90. The molecule has 31 heavy (non-hydrogen) atoms. The largest absolute Gasteiger partial charge is 0.457 e. The predicted molar refractivity (Wildman–Crippen MR) is 120 cm³/mol. The number of nitrogens with one attached hydrogen (secondary N) is 1. The molecule has 6 nitrogen and oxygen atoms in total. The molecule has 160 valence electrons. The lowest BCUT2D eigenvalue weighted by Crippen LogP contribution is -2.21. The summed E-state index contributed by atoms with van der Waals surface area (Å²) in [6, 6.07) is 18.0. The van der Waals surface area contributed by atoms with Crippen molar-refractivity contribution < 1.29 is 23.9 Å². The number of benzene rings is 2. The third kappa shape index (κ3) is 6.79. The number of amides is 1. The van der Waals surface area contributed by atoms with Gasteiger partial charge in [-0.1, -0.05) is 18.2 Å². The van der Waals surface area contributed by atoms with Crippen molar-refractivity contribution in [3.8, 4) is 11.5 Å². The highest BCUT2D eigenvalue weighted by molar-refractivity contribution is 7.12. The van der Waals surface area contributed by atoms with Gasteiger partial charge in [-0.15, -0.1) is 11.3 Å². The summed E-state index contributed by atoms with van der Waals surface area (Å²) in [5.41, 5.74) is 1.20.